The first-order chi connectivity index (χ1) is 13.5. The third-order valence-corrected chi connectivity index (χ3v) is 5.21. The number of alkyl halides is 3. The monoisotopic (exact) mass is 428 g/mol. The first-order valence-electron chi connectivity index (χ1n) is 8.39. The zero-order valence-corrected chi connectivity index (χ0v) is 16.2. The lowest BCUT2D eigenvalue weighted by Crippen LogP contribution is -2.27. The molecule has 29 heavy (non-hydrogen) atoms. The molecule has 10 heteroatoms. The van der Waals surface area contributed by atoms with Crippen LogP contribution in [0.3, 0.4) is 0 Å². The van der Waals surface area contributed by atoms with Gasteiger partial charge in [0, 0.05) is 12.1 Å². The highest BCUT2D eigenvalue weighted by Gasteiger charge is 2.31. The number of hydrogen-bond acceptors (Lipinski definition) is 4. The normalized spacial score (nSPS) is 12.8. The van der Waals surface area contributed by atoms with Crippen molar-refractivity contribution in [3.8, 4) is 5.75 Å². The molecular formula is C19H19F3N2O4S. The fourth-order valence-electron chi connectivity index (χ4n) is 2.38. The van der Waals surface area contributed by atoms with E-state index >= 15 is 0 Å². The van der Waals surface area contributed by atoms with Gasteiger partial charge >= 0.3 is 6.36 Å². The minimum absolute atomic E-state index is 0.0455. The van der Waals surface area contributed by atoms with Crippen molar-refractivity contribution in [2.45, 2.75) is 24.2 Å². The minimum Gasteiger partial charge on any atom is -0.406 e. The molecule has 0 bridgehead atoms. The number of hydrogen-bond donors (Lipinski definition) is 2. The van der Waals surface area contributed by atoms with Crippen LogP contribution in [0.4, 0.5) is 13.2 Å². The lowest BCUT2D eigenvalue weighted by Gasteiger charge is -2.16. The van der Waals surface area contributed by atoms with Gasteiger partial charge < -0.3 is 10.1 Å². The summed E-state index contributed by atoms with van der Waals surface area (Å²) in [6.07, 6.45) is -3.39. The van der Waals surface area contributed by atoms with Gasteiger partial charge in [-0.3, -0.25) is 4.79 Å². The van der Waals surface area contributed by atoms with E-state index in [9.17, 15) is 26.4 Å². The standard InChI is InChI=1S/C19H19F3N2O4S/c1-3-11-23-29(26,27)17-6-4-5-15(12-17)18(25)24-13(2)14-7-9-16(10-8-14)28-19(20,21)22/h3-10,12-13,23H,1,11H2,2H3,(H,24,25). The van der Waals surface area contributed by atoms with Gasteiger partial charge in [-0.1, -0.05) is 24.3 Å². The number of benzene rings is 2. The van der Waals surface area contributed by atoms with Crippen molar-refractivity contribution >= 4 is 15.9 Å². The van der Waals surface area contributed by atoms with Gasteiger partial charge in [0.1, 0.15) is 5.75 Å². The van der Waals surface area contributed by atoms with Crippen molar-refractivity contribution in [3.05, 3.63) is 72.3 Å². The fourth-order valence-corrected chi connectivity index (χ4v) is 3.42. The van der Waals surface area contributed by atoms with Crippen molar-refractivity contribution in [3.63, 3.8) is 0 Å². The van der Waals surface area contributed by atoms with Crippen molar-refractivity contribution in [1.82, 2.24) is 10.0 Å². The molecule has 0 aliphatic heterocycles. The van der Waals surface area contributed by atoms with Gasteiger partial charge in [0.15, 0.2) is 0 Å². The number of carbonyl (C=O) groups is 1. The molecule has 0 saturated heterocycles. The van der Waals surface area contributed by atoms with Crippen molar-refractivity contribution in [2.24, 2.45) is 0 Å². The highest BCUT2D eigenvalue weighted by molar-refractivity contribution is 7.89. The van der Waals surface area contributed by atoms with Crippen LogP contribution in [0.1, 0.15) is 28.9 Å². The molecule has 2 aromatic carbocycles. The molecule has 156 valence electrons. The molecule has 0 heterocycles. The van der Waals surface area contributed by atoms with E-state index < -0.39 is 28.3 Å². The van der Waals surface area contributed by atoms with E-state index in [2.05, 4.69) is 21.4 Å². The number of ether oxygens (including phenoxy) is 1. The molecule has 1 amide bonds. The Labute approximate surface area is 166 Å². The van der Waals surface area contributed by atoms with Crippen LogP contribution in [0, 0.1) is 0 Å². The van der Waals surface area contributed by atoms with Crippen LogP contribution in [-0.2, 0) is 10.0 Å². The molecule has 6 nitrogen and oxygen atoms in total. The Morgan fingerprint density at radius 3 is 2.45 bits per heavy atom. The first-order valence-corrected chi connectivity index (χ1v) is 9.87. The summed E-state index contributed by atoms with van der Waals surface area (Å²) < 4.78 is 67.1. The second-order valence-corrected chi connectivity index (χ2v) is 7.75. The Morgan fingerprint density at radius 1 is 1.21 bits per heavy atom. The number of sulfonamides is 1. The summed E-state index contributed by atoms with van der Waals surface area (Å²) >= 11 is 0. The van der Waals surface area contributed by atoms with E-state index in [4.69, 9.17) is 0 Å². The van der Waals surface area contributed by atoms with Crippen LogP contribution in [0.5, 0.6) is 5.75 Å². The third-order valence-electron chi connectivity index (χ3n) is 3.79. The molecule has 0 aromatic heterocycles. The summed E-state index contributed by atoms with van der Waals surface area (Å²) in [5.41, 5.74) is 0.666. The van der Waals surface area contributed by atoms with Crippen LogP contribution in [-0.4, -0.2) is 27.2 Å². The highest BCUT2D eigenvalue weighted by Crippen LogP contribution is 2.24. The number of amides is 1. The molecule has 2 N–H and O–H groups in total. The van der Waals surface area contributed by atoms with Gasteiger partial charge in [0.25, 0.3) is 5.91 Å². The molecule has 0 spiro atoms. The van der Waals surface area contributed by atoms with E-state index in [1.165, 1.54) is 42.5 Å². The van der Waals surface area contributed by atoms with Crippen LogP contribution in [0.25, 0.3) is 0 Å². The van der Waals surface area contributed by atoms with Crippen molar-refractivity contribution in [1.29, 1.82) is 0 Å². The smallest absolute Gasteiger partial charge is 0.406 e. The Kier molecular flexibility index (Phi) is 7.04. The van der Waals surface area contributed by atoms with Crippen LogP contribution in [0.2, 0.25) is 0 Å². The molecule has 2 rings (SSSR count). The predicted molar refractivity (Wildman–Crippen MR) is 101 cm³/mol. The predicted octanol–water partition coefficient (Wildman–Crippen LogP) is 3.54. The van der Waals surface area contributed by atoms with E-state index in [1.807, 2.05) is 0 Å². The maximum absolute atomic E-state index is 12.5. The van der Waals surface area contributed by atoms with Gasteiger partial charge in [0.05, 0.1) is 10.9 Å². The van der Waals surface area contributed by atoms with Crippen LogP contribution >= 0.6 is 0 Å². The van der Waals surface area contributed by atoms with Gasteiger partial charge in [0.2, 0.25) is 10.0 Å². The Hall–Kier alpha value is -2.85. The number of halogens is 3. The molecule has 0 fully saturated rings. The number of carbonyl (C=O) groups excluding carboxylic acids is 1. The molecule has 0 radical (unpaired) electrons. The SMILES string of the molecule is C=CCNS(=O)(=O)c1cccc(C(=O)NC(C)c2ccc(OC(F)(F)F)cc2)c1. The Balaban J connectivity index is 2.10. The summed E-state index contributed by atoms with van der Waals surface area (Å²) in [5, 5.41) is 2.67. The zero-order valence-electron chi connectivity index (χ0n) is 15.4. The van der Waals surface area contributed by atoms with Crippen molar-refractivity contribution in [2.75, 3.05) is 6.54 Å². The average Bonchev–Trinajstić information content (AvgIpc) is 2.65. The molecule has 0 aliphatic carbocycles. The van der Waals surface area contributed by atoms with E-state index in [0.29, 0.717) is 5.56 Å². The Morgan fingerprint density at radius 2 is 1.86 bits per heavy atom. The third kappa shape index (κ3) is 6.61. The lowest BCUT2D eigenvalue weighted by molar-refractivity contribution is -0.274. The first kappa shape index (κ1) is 22.4. The second kappa shape index (κ2) is 9.10. The largest absolute Gasteiger partial charge is 0.573 e. The number of nitrogens with one attached hydrogen (secondary N) is 2. The average molecular weight is 428 g/mol. The molecule has 1 atom stereocenters. The molecule has 0 saturated carbocycles. The van der Waals surface area contributed by atoms with Gasteiger partial charge in [-0.05, 0) is 42.8 Å². The van der Waals surface area contributed by atoms with Crippen LogP contribution in [0.15, 0.2) is 66.1 Å². The molecule has 2 aromatic rings. The summed E-state index contributed by atoms with van der Waals surface area (Å²) in [6.45, 7) is 5.12. The lowest BCUT2D eigenvalue weighted by atomic mass is 10.1. The summed E-state index contributed by atoms with van der Waals surface area (Å²) in [7, 11) is -3.79. The summed E-state index contributed by atoms with van der Waals surface area (Å²) in [4.78, 5) is 12.4. The Bertz CT molecular complexity index is 974. The molecular weight excluding hydrogens is 409 g/mol. The summed E-state index contributed by atoms with van der Waals surface area (Å²) in [6, 6.07) is 10.0. The second-order valence-electron chi connectivity index (χ2n) is 5.98. The highest BCUT2D eigenvalue weighted by atomic mass is 32.2. The summed E-state index contributed by atoms with van der Waals surface area (Å²) in [5.74, 6) is -0.904. The van der Waals surface area contributed by atoms with Gasteiger partial charge in [-0.15, -0.1) is 19.8 Å². The van der Waals surface area contributed by atoms with Gasteiger partial charge in [-0.2, -0.15) is 0 Å². The van der Waals surface area contributed by atoms with E-state index in [1.54, 1.807) is 6.92 Å². The van der Waals surface area contributed by atoms with Crippen LogP contribution < -0.4 is 14.8 Å². The maximum Gasteiger partial charge on any atom is 0.573 e. The topological polar surface area (TPSA) is 84.5 Å². The van der Waals surface area contributed by atoms with E-state index in [0.717, 1.165) is 12.1 Å². The molecule has 1 unspecified atom stereocenters. The van der Waals surface area contributed by atoms with E-state index in [-0.39, 0.29) is 22.8 Å². The minimum atomic E-state index is -4.78. The number of rotatable bonds is 8. The van der Waals surface area contributed by atoms with Crippen molar-refractivity contribution < 1.29 is 31.1 Å². The zero-order chi connectivity index (χ0) is 21.7. The quantitative estimate of drug-likeness (QED) is 0.630. The van der Waals surface area contributed by atoms with Gasteiger partial charge in [-0.25, -0.2) is 13.1 Å². The fraction of sp³-hybridized carbons (Fsp3) is 0.211. The maximum atomic E-state index is 12.5. The molecule has 0 aliphatic rings.